The molecule has 0 aliphatic carbocycles. The Balaban J connectivity index is 1.42. The van der Waals surface area contributed by atoms with Crippen molar-refractivity contribution < 1.29 is 27.4 Å². The molecule has 3 saturated heterocycles. The fraction of sp³-hybridized carbons (Fsp3) is 0.667. The first-order valence-electron chi connectivity index (χ1n) is 13.7. The number of aromatic nitrogens is 2. The number of hydrogen-bond acceptors (Lipinski definition) is 8. The van der Waals surface area contributed by atoms with Crippen LogP contribution in [-0.2, 0) is 15.7 Å². The summed E-state index contributed by atoms with van der Waals surface area (Å²) in [5, 5.41) is -0.168. The maximum Gasteiger partial charge on any atom is 0.417 e. The fourth-order valence-corrected chi connectivity index (χ4v) is 7.96. The van der Waals surface area contributed by atoms with Gasteiger partial charge in [0.15, 0.2) is 0 Å². The van der Waals surface area contributed by atoms with Gasteiger partial charge in [-0.25, -0.2) is 9.59 Å². The van der Waals surface area contributed by atoms with E-state index in [1.54, 1.807) is 30.6 Å². The number of ether oxygens (including phenoxy) is 2. The maximum absolute atomic E-state index is 14.2. The van der Waals surface area contributed by atoms with Crippen molar-refractivity contribution in [3.8, 4) is 0 Å². The summed E-state index contributed by atoms with van der Waals surface area (Å²) in [6, 6.07) is 0.374. The van der Waals surface area contributed by atoms with E-state index in [4.69, 9.17) is 21.1 Å². The molecular formula is C27H33ClF3N5O4S. The van der Waals surface area contributed by atoms with E-state index in [-0.39, 0.29) is 53.4 Å². The minimum atomic E-state index is -4.69. The number of hydrogen-bond donors (Lipinski definition) is 0. The van der Waals surface area contributed by atoms with Crippen LogP contribution in [0.1, 0.15) is 46.2 Å². The van der Waals surface area contributed by atoms with Crippen molar-refractivity contribution in [2.75, 3.05) is 43.4 Å². The van der Waals surface area contributed by atoms with Crippen molar-refractivity contribution >= 4 is 46.2 Å². The molecule has 2 aromatic rings. The molecule has 0 spiro atoms. The zero-order chi connectivity index (χ0) is 29.6. The van der Waals surface area contributed by atoms with Crippen LogP contribution in [0.3, 0.4) is 0 Å². The van der Waals surface area contributed by atoms with Gasteiger partial charge < -0.3 is 14.4 Å². The number of alkyl halides is 3. The van der Waals surface area contributed by atoms with Crippen LogP contribution in [0, 0.1) is 0 Å². The number of likely N-dealkylation sites (tertiary alicyclic amines) is 1. The van der Waals surface area contributed by atoms with Gasteiger partial charge in [0.25, 0.3) is 0 Å². The van der Waals surface area contributed by atoms with Crippen molar-refractivity contribution in [3.63, 3.8) is 0 Å². The Kier molecular flexibility index (Phi) is 6.99. The number of carbonyl (C=O) groups is 1. The normalized spacial score (nSPS) is 28.3. The van der Waals surface area contributed by atoms with Gasteiger partial charge >= 0.3 is 18.0 Å². The Labute approximate surface area is 244 Å². The number of thioether (sulfide) groups is 1. The Morgan fingerprint density at radius 2 is 1.88 bits per heavy atom. The average Bonchev–Trinajstić information content (AvgIpc) is 2.83. The number of fused-ring (bicyclic) bond motifs is 1. The van der Waals surface area contributed by atoms with E-state index in [0.717, 1.165) is 12.6 Å². The van der Waals surface area contributed by atoms with Crippen molar-refractivity contribution in [2.24, 2.45) is 0 Å². The van der Waals surface area contributed by atoms with Crippen LogP contribution in [0.5, 0.6) is 0 Å². The first-order chi connectivity index (χ1) is 19.1. The lowest BCUT2D eigenvalue weighted by Gasteiger charge is -2.55. The number of piperazine rings is 1. The first kappa shape index (κ1) is 28.9. The summed E-state index contributed by atoms with van der Waals surface area (Å²) in [6.07, 6.45) is -4.93. The van der Waals surface area contributed by atoms with Crippen molar-refractivity contribution in [2.45, 2.75) is 81.6 Å². The summed E-state index contributed by atoms with van der Waals surface area (Å²) in [6.45, 7) is 11.6. The molecule has 2 unspecified atom stereocenters. The topological polar surface area (TPSA) is 80.1 Å². The summed E-state index contributed by atoms with van der Waals surface area (Å²) >= 11 is 7.64. The second kappa shape index (κ2) is 9.92. The molecule has 224 valence electrons. The van der Waals surface area contributed by atoms with Gasteiger partial charge in [-0.1, -0.05) is 11.6 Å². The molecule has 5 atom stereocenters. The third kappa shape index (κ3) is 4.96. The average molecular weight is 616 g/mol. The summed E-state index contributed by atoms with van der Waals surface area (Å²) in [4.78, 5) is 37.0. The van der Waals surface area contributed by atoms with Crippen LogP contribution >= 0.6 is 23.4 Å². The van der Waals surface area contributed by atoms with Gasteiger partial charge in [0.05, 0.1) is 57.9 Å². The van der Waals surface area contributed by atoms with Crippen LogP contribution in [0.4, 0.5) is 23.8 Å². The van der Waals surface area contributed by atoms with E-state index in [0.29, 0.717) is 30.5 Å². The number of morpholine rings is 1. The van der Waals surface area contributed by atoms with Crippen LogP contribution in [0.25, 0.3) is 10.9 Å². The van der Waals surface area contributed by atoms with E-state index in [1.807, 2.05) is 13.8 Å². The lowest BCUT2D eigenvalue weighted by Crippen LogP contribution is -2.71. The molecule has 41 heavy (non-hydrogen) atoms. The van der Waals surface area contributed by atoms with Gasteiger partial charge in [0.1, 0.15) is 11.4 Å². The molecule has 0 bridgehead atoms. The number of amides is 1. The summed E-state index contributed by atoms with van der Waals surface area (Å²) < 4.78 is 55.2. The molecule has 5 heterocycles. The molecule has 6 rings (SSSR count). The van der Waals surface area contributed by atoms with Crippen LogP contribution in [0.2, 0.25) is 5.02 Å². The molecular weight excluding hydrogens is 583 g/mol. The Morgan fingerprint density at radius 1 is 1.20 bits per heavy atom. The minimum absolute atomic E-state index is 0.171. The fourth-order valence-electron chi connectivity index (χ4n) is 6.35. The molecule has 1 amide bonds. The second-order valence-corrected chi connectivity index (χ2v) is 13.8. The highest BCUT2D eigenvalue weighted by Crippen LogP contribution is 2.48. The van der Waals surface area contributed by atoms with E-state index < -0.39 is 34.1 Å². The van der Waals surface area contributed by atoms with Gasteiger partial charge in [-0.15, -0.1) is 11.8 Å². The molecule has 14 heteroatoms. The second-order valence-electron chi connectivity index (χ2n) is 12.4. The summed E-state index contributed by atoms with van der Waals surface area (Å²) in [5.74, 6) is 0.575. The number of nitrogens with zero attached hydrogens (tertiary/aromatic N) is 5. The lowest BCUT2D eigenvalue weighted by molar-refractivity contribution is -0.216. The Hall–Kier alpha value is -2.22. The smallest absolute Gasteiger partial charge is 0.417 e. The van der Waals surface area contributed by atoms with E-state index in [2.05, 4.69) is 9.88 Å². The number of halogens is 4. The SMILES string of the molecule is C[C@@H]1CN(c2nc(=O)n3c4c(c(Cl)c(C(F)(F)F)cc24)SC[C@@H]3CN2CC3OCC32)C[C@H](C)N1C(=O)OC(C)(C)C. The van der Waals surface area contributed by atoms with E-state index >= 15 is 0 Å². The maximum atomic E-state index is 14.2. The molecule has 0 radical (unpaired) electrons. The zero-order valence-electron chi connectivity index (χ0n) is 23.5. The molecule has 1 aromatic carbocycles. The minimum Gasteiger partial charge on any atom is -0.444 e. The molecule has 3 fully saturated rings. The molecule has 1 aromatic heterocycles. The van der Waals surface area contributed by atoms with Gasteiger partial charge in [-0.05, 0) is 40.7 Å². The molecule has 4 aliphatic heterocycles. The molecule has 9 nitrogen and oxygen atoms in total. The Morgan fingerprint density at radius 3 is 2.41 bits per heavy atom. The third-order valence-electron chi connectivity index (χ3n) is 8.24. The first-order valence-corrected chi connectivity index (χ1v) is 15.1. The monoisotopic (exact) mass is 615 g/mol. The van der Waals surface area contributed by atoms with Crippen molar-refractivity contribution in [1.29, 1.82) is 0 Å². The van der Waals surface area contributed by atoms with E-state index in [9.17, 15) is 22.8 Å². The van der Waals surface area contributed by atoms with Gasteiger partial charge in [0.2, 0.25) is 0 Å². The predicted molar refractivity (Wildman–Crippen MR) is 150 cm³/mol. The van der Waals surface area contributed by atoms with Gasteiger partial charge in [-0.3, -0.25) is 14.4 Å². The quantitative estimate of drug-likeness (QED) is 0.495. The largest absolute Gasteiger partial charge is 0.444 e. The lowest BCUT2D eigenvalue weighted by atomic mass is 9.94. The van der Waals surface area contributed by atoms with E-state index in [1.165, 1.54) is 16.3 Å². The Bertz CT molecular complexity index is 1450. The number of benzene rings is 1. The van der Waals surface area contributed by atoms with Gasteiger partial charge in [0, 0.05) is 37.3 Å². The van der Waals surface area contributed by atoms with Crippen LogP contribution in [0.15, 0.2) is 15.8 Å². The number of rotatable bonds is 3. The van der Waals surface area contributed by atoms with Crippen LogP contribution < -0.4 is 10.6 Å². The molecule has 0 N–H and O–H groups in total. The number of anilines is 1. The highest BCUT2D eigenvalue weighted by atomic mass is 35.5. The highest BCUT2D eigenvalue weighted by Gasteiger charge is 2.48. The third-order valence-corrected chi connectivity index (χ3v) is 9.98. The molecule has 0 saturated carbocycles. The summed E-state index contributed by atoms with van der Waals surface area (Å²) in [5.41, 5.74) is -1.77. The van der Waals surface area contributed by atoms with Crippen molar-refractivity contribution in [1.82, 2.24) is 19.4 Å². The van der Waals surface area contributed by atoms with Crippen molar-refractivity contribution in [3.05, 3.63) is 27.1 Å². The zero-order valence-corrected chi connectivity index (χ0v) is 25.1. The highest BCUT2D eigenvalue weighted by molar-refractivity contribution is 7.99. The molecule has 4 aliphatic rings. The predicted octanol–water partition coefficient (Wildman–Crippen LogP) is 4.63. The summed E-state index contributed by atoms with van der Waals surface area (Å²) in [7, 11) is 0. The van der Waals surface area contributed by atoms with Gasteiger partial charge in [-0.2, -0.15) is 18.2 Å². The standard InChI is InChI=1S/C27H33ClF3N5O4S/c1-13-7-34(8-14(2)35(13)25(38)40-26(3,4)5)23-16-6-17(27(29,30)31)20(28)22-21(16)36(24(37)32-23)15(12-41-22)9-33-10-19-18(33)11-39-19/h6,13-15,18-19H,7-12H2,1-5H3/t13-,14+,15-,18?,19?/m0/s1. The number of carbonyl (C=O) groups excluding carboxylic acids is 1. The van der Waals surface area contributed by atoms with Crippen LogP contribution in [-0.4, -0.2) is 93.8 Å².